The van der Waals surface area contributed by atoms with Crippen molar-refractivity contribution in [2.75, 3.05) is 12.3 Å². The highest BCUT2D eigenvalue weighted by atomic mass is 32.1. The van der Waals surface area contributed by atoms with Crippen LogP contribution in [-0.2, 0) is 28.8 Å². The third-order valence-electron chi connectivity index (χ3n) is 4.42. The molecular formula is C18H32N8O8S. The van der Waals surface area contributed by atoms with Crippen molar-refractivity contribution in [3.8, 4) is 0 Å². The lowest BCUT2D eigenvalue weighted by atomic mass is 10.1. The molecule has 4 atom stereocenters. The SMILES string of the molecule is NC(=O)CCC(NC(=O)C(CCCN=C(N)N)NC(=O)C(N)CC(=O)O)C(=O)NC(CS)C(=O)O. The second-order valence-corrected chi connectivity index (χ2v) is 7.73. The first kappa shape index (κ1) is 31.4. The molecule has 17 heteroatoms. The number of guanidine groups is 1. The molecule has 0 heterocycles. The van der Waals surface area contributed by atoms with Crippen molar-refractivity contribution in [2.24, 2.45) is 27.9 Å². The molecule has 4 unspecified atom stereocenters. The van der Waals surface area contributed by atoms with Crippen molar-refractivity contribution in [1.29, 1.82) is 0 Å². The summed E-state index contributed by atoms with van der Waals surface area (Å²) in [5, 5.41) is 24.8. The molecule has 0 saturated heterocycles. The van der Waals surface area contributed by atoms with Crippen molar-refractivity contribution >= 4 is 54.2 Å². The van der Waals surface area contributed by atoms with E-state index in [1.807, 2.05) is 0 Å². The van der Waals surface area contributed by atoms with Gasteiger partial charge in [-0.05, 0) is 19.3 Å². The largest absolute Gasteiger partial charge is 0.481 e. The summed E-state index contributed by atoms with van der Waals surface area (Å²) in [5.41, 5.74) is 21.1. The van der Waals surface area contributed by atoms with E-state index in [-0.39, 0.29) is 43.9 Å². The molecule has 0 aromatic heterocycles. The second kappa shape index (κ2) is 16.1. The Hall–Kier alpha value is -3.60. The molecule has 0 aliphatic carbocycles. The van der Waals surface area contributed by atoms with Crippen LogP contribution in [-0.4, -0.2) is 88.2 Å². The van der Waals surface area contributed by atoms with Crippen LogP contribution in [0.25, 0.3) is 0 Å². The first-order valence-corrected chi connectivity index (χ1v) is 11.0. The lowest BCUT2D eigenvalue weighted by molar-refractivity contribution is -0.141. The van der Waals surface area contributed by atoms with Gasteiger partial charge in [0.15, 0.2) is 5.96 Å². The standard InChI is InChI=1S/C18H32N8O8S/c19-8(6-13(28)29)14(30)24-9(2-1-5-23-18(21)22)15(31)25-10(3-4-12(20)27)16(32)26-11(7-35)17(33)34/h8-11,35H,1-7,19H2,(H2,20,27)(H,24,30)(H,25,31)(H,26,32)(H,28,29)(H,33,34)(H4,21,22,23). The van der Waals surface area contributed by atoms with E-state index in [4.69, 9.17) is 33.1 Å². The Morgan fingerprint density at radius 1 is 0.829 bits per heavy atom. The Labute approximate surface area is 206 Å². The van der Waals surface area contributed by atoms with Gasteiger partial charge in [-0.2, -0.15) is 12.6 Å². The molecule has 0 rings (SSSR count). The molecule has 4 amide bonds. The number of primary amides is 1. The maximum Gasteiger partial charge on any atom is 0.327 e. The topological polar surface area (TPSA) is 295 Å². The molecular weight excluding hydrogens is 488 g/mol. The third kappa shape index (κ3) is 13.6. The molecule has 0 spiro atoms. The summed E-state index contributed by atoms with van der Waals surface area (Å²) in [6.45, 7) is 0.0942. The molecule has 0 fully saturated rings. The number of aliphatic imine (C=N–C) groups is 1. The van der Waals surface area contributed by atoms with Crippen LogP contribution in [0.5, 0.6) is 0 Å². The zero-order valence-electron chi connectivity index (χ0n) is 18.8. The monoisotopic (exact) mass is 520 g/mol. The molecule has 198 valence electrons. The fraction of sp³-hybridized carbons (Fsp3) is 0.611. The Morgan fingerprint density at radius 3 is 1.80 bits per heavy atom. The van der Waals surface area contributed by atoms with Crippen LogP contribution in [0.15, 0.2) is 4.99 Å². The van der Waals surface area contributed by atoms with Gasteiger partial charge in [-0.25, -0.2) is 4.79 Å². The number of carbonyl (C=O) groups is 6. The van der Waals surface area contributed by atoms with E-state index in [1.165, 1.54) is 0 Å². The molecule has 0 aliphatic heterocycles. The zero-order valence-corrected chi connectivity index (χ0v) is 19.7. The highest BCUT2D eigenvalue weighted by Crippen LogP contribution is 2.05. The van der Waals surface area contributed by atoms with Crippen molar-refractivity contribution in [3.05, 3.63) is 0 Å². The van der Waals surface area contributed by atoms with Crippen molar-refractivity contribution < 1.29 is 39.0 Å². The number of carboxylic acids is 2. The summed E-state index contributed by atoms with van der Waals surface area (Å²) >= 11 is 3.84. The summed E-state index contributed by atoms with van der Waals surface area (Å²) < 4.78 is 0. The third-order valence-corrected chi connectivity index (χ3v) is 4.78. The van der Waals surface area contributed by atoms with Crippen LogP contribution in [0.2, 0.25) is 0 Å². The van der Waals surface area contributed by atoms with E-state index in [0.29, 0.717) is 0 Å². The number of nitrogens with one attached hydrogen (secondary N) is 3. The lowest BCUT2D eigenvalue weighted by Gasteiger charge is -2.24. The van der Waals surface area contributed by atoms with Crippen LogP contribution in [0.1, 0.15) is 32.1 Å². The number of carbonyl (C=O) groups excluding carboxylic acids is 4. The van der Waals surface area contributed by atoms with Crippen LogP contribution >= 0.6 is 12.6 Å². The van der Waals surface area contributed by atoms with E-state index in [9.17, 15) is 28.8 Å². The minimum Gasteiger partial charge on any atom is -0.481 e. The number of thiol groups is 1. The number of hydrogen-bond donors (Lipinski definition) is 10. The fourth-order valence-corrected chi connectivity index (χ4v) is 2.86. The van der Waals surface area contributed by atoms with E-state index >= 15 is 0 Å². The van der Waals surface area contributed by atoms with E-state index in [0.717, 1.165) is 0 Å². The number of aliphatic carboxylic acids is 2. The number of rotatable bonds is 17. The van der Waals surface area contributed by atoms with Crippen molar-refractivity contribution in [2.45, 2.75) is 56.3 Å². The Balaban J connectivity index is 5.60. The van der Waals surface area contributed by atoms with Gasteiger partial charge in [-0.1, -0.05) is 0 Å². The quantitative estimate of drug-likeness (QED) is 0.0377. The van der Waals surface area contributed by atoms with Gasteiger partial charge in [-0.15, -0.1) is 0 Å². The zero-order chi connectivity index (χ0) is 27.1. The first-order valence-electron chi connectivity index (χ1n) is 10.3. The van der Waals surface area contributed by atoms with E-state index in [1.54, 1.807) is 0 Å². The molecule has 0 aromatic carbocycles. The minimum absolute atomic E-state index is 0.0350. The number of nitrogens with two attached hydrogens (primary N) is 4. The number of carboxylic acid groups (broad SMARTS) is 2. The van der Waals surface area contributed by atoms with Gasteiger partial charge in [0.05, 0.1) is 12.5 Å². The van der Waals surface area contributed by atoms with Crippen LogP contribution < -0.4 is 38.9 Å². The summed E-state index contributed by atoms with van der Waals surface area (Å²) in [4.78, 5) is 74.7. The van der Waals surface area contributed by atoms with Crippen molar-refractivity contribution in [3.63, 3.8) is 0 Å². The normalized spacial score (nSPS) is 13.9. The summed E-state index contributed by atoms with van der Waals surface area (Å²) in [6.07, 6.45) is -1.12. The van der Waals surface area contributed by atoms with E-state index < -0.39 is 66.2 Å². The first-order chi connectivity index (χ1) is 16.3. The van der Waals surface area contributed by atoms with Gasteiger partial charge < -0.3 is 49.1 Å². The average Bonchev–Trinajstić information content (AvgIpc) is 2.75. The van der Waals surface area contributed by atoms with Gasteiger partial charge in [0.25, 0.3) is 0 Å². The van der Waals surface area contributed by atoms with Crippen LogP contribution in [0, 0.1) is 0 Å². The van der Waals surface area contributed by atoms with Gasteiger partial charge in [-0.3, -0.25) is 29.0 Å². The highest BCUT2D eigenvalue weighted by molar-refractivity contribution is 7.80. The minimum atomic E-state index is -1.46. The Bertz CT molecular complexity index is 820. The molecule has 0 saturated carbocycles. The number of amides is 4. The maximum absolute atomic E-state index is 12.9. The molecule has 0 radical (unpaired) electrons. The fourth-order valence-electron chi connectivity index (χ4n) is 2.62. The molecule has 16 nitrogen and oxygen atoms in total. The van der Waals surface area contributed by atoms with Gasteiger partial charge in [0.2, 0.25) is 23.6 Å². The molecule has 35 heavy (non-hydrogen) atoms. The van der Waals surface area contributed by atoms with E-state index in [2.05, 4.69) is 33.6 Å². The van der Waals surface area contributed by atoms with Gasteiger partial charge >= 0.3 is 11.9 Å². The van der Waals surface area contributed by atoms with Gasteiger partial charge in [0, 0.05) is 18.7 Å². The van der Waals surface area contributed by atoms with Gasteiger partial charge in [0.1, 0.15) is 18.1 Å². The predicted molar refractivity (Wildman–Crippen MR) is 126 cm³/mol. The van der Waals surface area contributed by atoms with Crippen LogP contribution in [0.4, 0.5) is 0 Å². The number of nitrogens with zero attached hydrogens (tertiary/aromatic N) is 1. The Morgan fingerprint density at radius 2 is 1.34 bits per heavy atom. The number of hydrogen-bond acceptors (Lipinski definition) is 9. The highest BCUT2D eigenvalue weighted by Gasteiger charge is 2.30. The maximum atomic E-state index is 12.9. The molecule has 0 aromatic rings. The molecule has 0 bridgehead atoms. The summed E-state index contributed by atoms with van der Waals surface area (Å²) in [7, 11) is 0. The lowest BCUT2D eigenvalue weighted by Crippen LogP contribution is -2.57. The Kier molecular flexibility index (Phi) is 14.4. The van der Waals surface area contributed by atoms with Crippen molar-refractivity contribution in [1.82, 2.24) is 16.0 Å². The summed E-state index contributed by atoms with van der Waals surface area (Å²) in [6, 6.07) is -5.51. The molecule has 0 aliphatic rings. The van der Waals surface area contributed by atoms with Crippen LogP contribution in [0.3, 0.4) is 0 Å². The smallest absolute Gasteiger partial charge is 0.327 e. The summed E-state index contributed by atoms with van der Waals surface area (Å²) in [5.74, 6) is -6.66. The predicted octanol–water partition coefficient (Wildman–Crippen LogP) is -4.42. The second-order valence-electron chi connectivity index (χ2n) is 7.36. The molecule has 13 N–H and O–H groups in total. The average molecular weight is 521 g/mol.